The van der Waals surface area contributed by atoms with Crippen LogP contribution in [0.15, 0.2) is 143 Å². The van der Waals surface area contributed by atoms with E-state index in [4.69, 9.17) is 38.5 Å². The number of ether oxygens (including phenoxy) is 5. The van der Waals surface area contributed by atoms with Crippen molar-refractivity contribution in [3.05, 3.63) is 175 Å². The number of nitrogens with zero attached hydrogens (tertiary/aromatic N) is 5. The number of carbonyl (C=O) groups excluding carboxylic acids is 2. The summed E-state index contributed by atoms with van der Waals surface area (Å²) in [6.07, 6.45) is -4.01. The molecule has 1 amide bonds. The Bertz CT molecular complexity index is 3530. The van der Waals surface area contributed by atoms with Crippen LogP contribution in [0.2, 0.25) is 0 Å². The lowest BCUT2D eigenvalue weighted by molar-refractivity contribution is -0.385. The molecule has 2 saturated heterocycles. The number of carbonyl (C=O) groups is 2. The number of phosphoric acid groups is 2. The number of nitro benzene ring substituents is 3. The zero-order valence-corrected chi connectivity index (χ0v) is 54.8. The van der Waals surface area contributed by atoms with Gasteiger partial charge in [0.25, 0.3) is 17.1 Å². The third kappa shape index (κ3) is 27.1. The molecular formula is C56H74ClN7O25P2S2. The van der Waals surface area contributed by atoms with Crippen molar-refractivity contribution >= 4 is 77.4 Å². The Morgan fingerprint density at radius 2 is 0.968 bits per heavy atom. The lowest BCUT2D eigenvalue weighted by Gasteiger charge is -2.33. The van der Waals surface area contributed by atoms with Crippen molar-refractivity contribution in [2.45, 2.75) is 99.7 Å². The average Bonchev–Trinajstić information content (AvgIpc) is 0.963. The van der Waals surface area contributed by atoms with E-state index < -0.39 is 106 Å². The van der Waals surface area contributed by atoms with Crippen LogP contribution >= 0.6 is 28.1 Å². The normalized spacial score (nSPS) is 16.3. The molecule has 0 aromatic heterocycles. The van der Waals surface area contributed by atoms with Crippen LogP contribution in [0.3, 0.4) is 0 Å². The summed E-state index contributed by atoms with van der Waals surface area (Å²) in [5.41, 5.74) is 7.03. The molecule has 6 atom stereocenters. The van der Waals surface area contributed by atoms with E-state index in [-0.39, 0.29) is 95.5 Å². The number of hydrogen-bond donors (Lipinski definition) is 6. The number of benzene rings is 5. The van der Waals surface area contributed by atoms with Crippen LogP contribution in [0.4, 0.5) is 26.7 Å². The van der Waals surface area contributed by atoms with Crippen LogP contribution < -0.4 is 15.8 Å². The maximum Gasteiger partial charge on any atom is 0.514 e. The predicted molar refractivity (Wildman–Crippen MR) is 335 cm³/mol. The highest BCUT2D eigenvalue weighted by molar-refractivity contribution is 7.89. The second-order valence-electron chi connectivity index (χ2n) is 21.6. The van der Waals surface area contributed by atoms with Gasteiger partial charge >= 0.3 is 27.9 Å². The van der Waals surface area contributed by atoms with Crippen LogP contribution in [0.25, 0.3) is 0 Å². The fourth-order valence-electron chi connectivity index (χ4n) is 8.97. The summed E-state index contributed by atoms with van der Waals surface area (Å²) in [7, 11) is -18.7. The number of rotatable bonds is 29. The molecule has 5 aromatic carbocycles. The largest absolute Gasteiger partial charge is 0.514 e. The van der Waals surface area contributed by atoms with Gasteiger partial charge in [0, 0.05) is 81.5 Å². The molecule has 7 N–H and O–H groups in total. The van der Waals surface area contributed by atoms with Crippen LogP contribution in [0, 0.1) is 42.2 Å². The summed E-state index contributed by atoms with van der Waals surface area (Å²) in [6.45, 7) is 7.56. The number of amides is 1. The topological polar surface area (TPSA) is 456 Å². The zero-order valence-electron chi connectivity index (χ0n) is 50.6. The molecule has 0 aliphatic carbocycles. The highest BCUT2D eigenvalue weighted by Gasteiger charge is 2.39. The maximum absolute atomic E-state index is 13.7. The molecule has 5 aromatic rings. The first-order valence-electron chi connectivity index (χ1n) is 28.2. The van der Waals surface area contributed by atoms with Gasteiger partial charge in [0.1, 0.15) is 24.1 Å². The fraction of sp³-hybridized carbons (Fsp3) is 0.429. The quantitative estimate of drug-likeness (QED) is 0.00889. The number of nitro groups is 3. The van der Waals surface area contributed by atoms with Crippen LogP contribution in [0.1, 0.15) is 51.7 Å². The number of sulfonamides is 2. The summed E-state index contributed by atoms with van der Waals surface area (Å²) >= 11 is 0. The highest BCUT2D eigenvalue weighted by atomic mass is 35.5. The van der Waals surface area contributed by atoms with Crippen LogP contribution in [0.5, 0.6) is 5.75 Å². The molecule has 2 aliphatic rings. The molecule has 0 spiro atoms. The fourth-order valence-corrected chi connectivity index (χ4v) is 13.3. The molecule has 0 radical (unpaired) electrons. The minimum Gasteiger partial charge on any atom is -0.444 e. The van der Waals surface area contributed by atoms with Crippen molar-refractivity contribution in [3.63, 3.8) is 0 Å². The number of alkyl carbamates (subject to hydrolysis) is 1. The molecule has 512 valence electrons. The van der Waals surface area contributed by atoms with E-state index in [1.165, 1.54) is 24.3 Å². The van der Waals surface area contributed by atoms with Gasteiger partial charge in [0.2, 0.25) is 20.0 Å². The van der Waals surface area contributed by atoms with E-state index >= 15 is 0 Å². The molecule has 93 heavy (non-hydrogen) atoms. The molecule has 2 aliphatic heterocycles. The van der Waals surface area contributed by atoms with Crippen molar-refractivity contribution in [2.24, 2.45) is 17.6 Å². The summed E-state index contributed by atoms with van der Waals surface area (Å²) in [5, 5.41) is 35.0. The third-order valence-electron chi connectivity index (χ3n) is 13.2. The van der Waals surface area contributed by atoms with Gasteiger partial charge in [-0.25, -0.2) is 35.6 Å². The smallest absolute Gasteiger partial charge is 0.444 e. The predicted octanol–water partition coefficient (Wildman–Crippen LogP) is 7.46. The van der Waals surface area contributed by atoms with E-state index in [2.05, 4.69) is 5.32 Å². The number of hydrogen-bond acceptors (Lipinski definition) is 22. The Kier molecular flexibility index (Phi) is 30.9. The van der Waals surface area contributed by atoms with Gasteiger partial charge in [0.05, 0.1) is 63.1 Å². The SMILES string of the molecule is CC(C)CN(C[C@@H](OP(=O)(O)O)[C@@H](N)Cc1ccccc1)S(=O)(=O)c1ccc([N+](=O)[O-])cc1.CC(C)CN(C[C@@H](OP(=O)(O)O)[C@H](Cc1ccccc1)NC(=O)O[C@@H]1CCOC1)S(=O)(=O)c1ccc([N+](=O)[O-])cc1.Cl.O=C(Oc1ccc([N+](=O)[O-])cc1)OC1CCOC1. The second kappa shape index (κ2) is 36.6. The lowest BCUT2D eigenvalue weighted by atomic mass is 10.0. The standard InChI is InChI=1S/C25H34N3O11PS.C20H28N3O8PS.C11H11NO6.ClH/c1-18(2)15-27(41(35,36)22-10-8-20(9-11-22)28(30)31)16-24(39-40(32,33)34)23(14-19-6-4-3-5-7-19)26-25(29)38-21-12-13-37-17-21;1-15(2)13-22(33(29,30)18-10-8-17(9-11-18)23(24)25)14-20(31-32(26,27)28)19(21)12-16-6-4-3-5-7-16;13-11(18-10-5-6-16-7-10)17-9-3-1-8(2-4-9)12(14)15;/h3-11,18,21,23-24H,12-17H2,1-2H3,(H,26,29)(H2,32,33,34);3-11,15,19-20H,12-14,21H2,1-2H3,(H2,26,27,28);1-4,10H,5-7H2;1H/t21-,23+,24-;19-,20+;;/m10../s1. The molecular weight excluding hydrogens is 1330 g/mol. The van der Waals surface area contributed by atoms with Gasteiger partial charge in [0.15, 0.2) is 0 Å². The van der Waals surface area contributed by atoms with E-state index in [0.717, 1.165) is 62.7 Å². The Labute approximate surface area is 542 Å². The van der Waals surface area contributed by atoms with Gasteiger partial charge in [-0.15, -0.1) is 12.4 Å². The summed E-state index contributed by atoms with van der Waals surface area (Å²) in [6, 6.07) is 29.4. The van der Waals surface area contributed by atoms with Crippen LogP contribution in [-0.2, 0) is 70.0 Å². The number of halogens is 1. The molecule has 7 rings (SSSR count). The number of non-ortho nitro benzene ring substituents is 3. The van der Waals surface area contributed by atoms with Crippen molar-refractivity contribution in [2.75, 3.05) is 52.6 Å². The van der Waals surface area contributed by atoms with Gasteiger partial charge in [-0.1, -0.05) is 88.4 Å². The van der Waals surface area contributed by atoms with E-state index in [0.29, 0.717) is 38.2 Å². The summed E-state index contributed by atoms with van der Waals surface area (Å²) < 4.78 is 115. The first kappa shape index (κ1) is 78.5. The van der Waals surface area contributed by atoms with E-state index in [9.17, 15) is 85.5 Å². The molecule has 32 nitrogen and oxygen atoms in total. The zero-order chi connectivity index (χ0) is 68.0. The molecule has 0 bridgehead atoms. The average molecular weight is 1410 g/mol. The number of nitrogens with two attached hydrogens (primary N) is 1. The van der Waals surface area contributed by atoms with Crippen molar-refractivity contribution < 1.29 is 103 Å². The number of nitrogens with one attached hydrogen (secondary N) is 1. The number of phosphoric ester groups is 2. The Morgan fingerprint density at radius 3 is 1.34 bits per heavy atom. The first-order chi connectivity index (χ1) is 43.2. The summed E-state index contributed by atoms with van der Waals surface area (Å²) in [4.78, 5) is 92.6. The highest BCUT2D eigenvalue weighted by Crippen LogP contribution is 2.40. The van der Waals surface area contributed by atoms with Crippen LogP contribution in [-0.4, -0.2) is 161 Å². The first-order valence-corrected chi connectivity index (χ1v) is 34.2. The van der Waals surface area contributed by atoms with E-state index in [1.54, 1.807) is 88.4 Å². The minimum absolute atomic E-state index is 0. The molecule has 0 saturated carbocycles. The maximum atomic E-state index is 13.7. The monoisotopic (exact) mass is 1410 g/mol. The second-order valence-corrected chi connectivity index (χ2v) is 27.9. The van der Waals surface area contributed by atoms with Crippen molar-refractivity contribution in [1.82, 2.24) is 13.9 Å². The third-order valence-corrected chi connectivity index (χ3v) is 18.0. The van der Waals surface area contributed by atoms with Gasteiger partial charge in [-0.3, -0.25) is 39.4 Å². The molecule has 1 unspecified atom stereocenters. The van der Waals surface area contributed by atoms with Crippen molar-refractivity contribution in [3.8, 4) is 5.75 Å². The van der Waals surface area contributed by atoms with Gasteiger partial charge < -0.3 is 54.3 Å². The van der Waals surface area contributed by atoms with E-state index in [1.807, 2.05) is 0 Å². The van der Waals surface area contributed by atoms with Crippen molar-refractivity contribution in [1.29, 1.82) is 0 Å². The lowest BCUT2D eigenvalue weighted by Crippen LogP contribution is -2.52. The Hall–Kier alpha value is -6.95. The Balaban J connectivity index is 0.000000316. The Morgan fingerprint density at radius 1 is 0.591 bits per heavy atom. The molecule has 37 heteroatoms. The van der Waals surface area contributed by atoms with Gasteiger partial charge in [-0.05, 0) is 72.2 Å². The van der Waals surface area contributed by atoms with Gasteiger partial charge in [-0.2, -0.15) is 8.61 Å². The summed E-state index contributed by atoms with van der Waals surface area (Å²) in [5.74, 6) is -0.171. The molecule has 2 fully saturated rings. The minimum atomic E-state index is -5.19. The molecule has 2 heterocycles.